The van der Waals surface area contributed by atoms with Crippen LogP contribution in [0.5, 0.6) is 11.5 Å². The van der Waals surface area contributed by atoms with E-state index in [2.05, 4.69) is 5.32 Å². The van der Waals surface area contributed by atoms with Crippen LogP contribution in [0.3, 0.4) is 0 Å². The molecule has 1 atom stereocenters. The summed E-state index contributed by atoms with van der Waals surface area (Å²) in [5, 5.41) is 3.21. The quantitative estimate of drug-likeness (QED) is 0.758. The van der Waals surface area contributed by atoms with Gasteiger partial charge in [-0.15, -0.1) is 0 Å². The molecular weight excluding hydrogens is 180 g/mol. The van der Waals surface area contributed by atoms with Crippen LogP contribution in [0.15, 0.2) is 18.2 Å². The highest BCUT2D eigenvalue weighted by atomic mass is 16.7. The van der Waals surface area contributed by atoms with Gasteiger partial charge in [0, 0.05) is 24.3 Å². The number of ether oxygens (including phenoxy) is 2. The zero-order valence-corrected chi connectivity index (χ0v) is 8.12. The normalized spacial score (nSPS) is 15.3. The smallest absolute Gasteiger partial charge is 0.231 e. The highest BCUT2D eigenvalue weighted by Gasteiger charge is 2.12. The monoisotopic (exact) mass is 194 g/mol. The van der Waals surface area contributed by atoms with Crippen LogP contribution in [0.1, 0.15) is 6.92 Å². The summed E-state index contributed by atoms with van der Waals surface area (Å²) in [6.07, 6.45) is 0. The van der Waals surface area contributed by atoms with E-state index < -0.39 is 0 Å². The molecule has 1 aliphatic rings. The molecule has 1 aromatic rings. The summed E-state index contributed by atoms with van der Waals surface area (Å²) in [5.74, 6) is 1.59. The molecule has 2 rings (SSSR count). The first-order valence-electron chi connectivity index (χ1n) is 4.65. The summed E-state index contributed by atoms with van der Waals surface area (Å²) in [7, 11) is 0. The van der Waals surface area contributed by atoms with Gasteiger partial charge < -0.3 is 20.5 Å². The molecule has 4 nitrogen and oxygen atoms in total. The number of anilines is 1. The Morgan fingerprint density at radius 2 is 2.21 bits per heavy atom. The fourth-order valence-corrected chi connectivity index (χ4v) is 1.29. The van der Waals surface area contributed by atoms with Gasteiger partial charge in [-0.2, -0.15) is 0 Å². The summed E-state index contributed by atoms with van der Waals surface area (Å²) in [5.41, 5.74) is 6.64. The molecule has 4 heteroatoms. The van der Waals surface area contributed by atoms with Crippen molar-refractivity contribution in [3.8, 4) is 11.5 Å². The largest absolute Gasteiger partial charge is 0.454 e. The molecular formula is C10H14N2O2. The minimum atomic E-state index is 0.139. The first-order valence-corrected chi connectivity index (χ1v) is 4.65. The first-order chi connectivity index (χ1) is 6.75. The zero-order valence-electron chi connectivity index (χ0n) is 8.12. The van der Waals surface area contributed by atoms with Crippen molar-refractivity contribution < 1.29 is 9.47 Å². The van der Waals surface area contributed by atoms with Gasteiger partial charge in [-0.05, 0) is 19.1 Å². The van der Waals surface area contributed by atoms with E-state index in [0.717, 1.165) is 23.7 Å². The molecule has 1 heterocycles. The van der Waals surface area contributed by atoms with Gasteiger partial charge in [-0.1, -0.05) is 0 Å². The minimum Gasteiger partial charge on any atom is -0.454 e. The van der Waals surface area contributed by atoms with Gasteiger partial charge in [0.25, 0.3) is 0 Å². The van der Waals surface area contributed by atoms with Crippen LogP contribution in [0.4, 0.5) is 5.69 Å². The zero-order chi connectivity index (χ0) is 9.97. The van der Waals surface area contributed by atoms with E-state index in [1.807, 2.05) is 25.1 Å². The molecule has 0 amide bonds. The third-order valence-corrected chi connectivity index (χ3v) is 2.00. The number of rotatable bonds is 3. The average Bonchev–Trinajstić information content (AvgIpc) is 2.61. The van der Waals surface area contributed by atoms with Gasteiger partial charge in [-0.25, -0.2) is 0 Å². The predicted molar refractivity (Wildman–Crippen MR) is 54.7 cm³/mol. The third-order valence-electron chi connectivity index (χ3n) is 2.00. The third kappa shape index (κ3) is 1.90. The maximum Gasteiger partial charge on any atom is 0.231 e. The van der Waals surface area contributed by atoms with E-state index in [9.17, 15) is 0 Å². The fraction of sp³-hybridized carbons (Fsp3) is 0.400. The van der Waals surface area contributed by atoms with Crippen molar-refractivity contribution in [2.24, 2.45) is 5.73 Å². The van der Waals surface area contributed by atoms with Gasteiger partial charge in [-0.3, -0.25) is 0 Å². The molecule has 1 unspecified atom stereocenters. The van der Waals surface area contributed by atoms with Crippen LogP contribution < -0.4 is 20.5 Å². The molecule has 0 aromatic heterocycles. The number of hydrogen-bond acceptors (Lipinski definition) is 4. The molecule has 3 N–H and O–H groups in total. The predicted octanol–water partition coefficient (Wildman–Crippen LogP) is 1.17. The molecule has 14 heavy (non-hydrogen) atoms. The van der Waals surface area contributed by atoms with Crippen molar-refractivity contribution in [1.29, 1.82) is 0 Å². The Morgan fingerprint density at radius 1 is 1.43 bits per heavy atom. The summed E-state index contributed by atoms with van der Waals surface area (Å²) >= 11 is 0. The maximum atomic E-state index is 5.63. The number of fused-ring (bicyclic) bond motifs is 1. The van der Waals surface area contributed by atoms with E-state index >= 15 is 0 Å². The topological polar surface area (TPSA) is 56.5 Å². The van der Waals surface area contributed by atoms with E-state index in [0.29, 0.717) is 6.79 Å². The van der Waals surface area contributed by atoms with Crippen LogP contribution in [-0.2, 0) is 0 Å². The van der Waals surface area contributed by atoms with Crippen molar-refractivity contribution in [3.05, 3.63) is 18.2 Å². The van der Waals surface area contributed by atoms with Gasteiger partial charge in [0.05, 0.1) is 0 Å². The van der Waals surface area contributed by atoms with E-state index in [-0.39, 0.29) is 6.04 Å². The van der Waals surface area contributed by atoms with E-state index in [1.165, 1.54) is 0 Å². The number of nitrogens with two attached hydrogens (primary N) is 1. The Hall–Kier alpha value is -1.42. The molecule has 1 aliphatic heterocycles. The Bertz CT molecular complexity index is 326. The molecule has 0 saturated carbocycles. The standard InChI is InChI=1S/C10H14N2O2/c1-7(11)5-12-8-2-3-9-10(4-8)14-6-13-9/h2-4,7,12H,5-6,11H2,1H3. The lowest BCUT2D eigenvalue weighted by Gasteiger charge is -2.09. The number of nitrogens with one attached hydrogen (secondary N) is 1. The molecule has 1 aromatic carbocycles. The Labute approximate surface area is 83.0 Å². The van der Waals surface area contributed by atoms with Crippen molar-refractivity contribution >= 4 is 5.69 Å². The lowest BCUT2D eigenvalue weighted by Crippen LogP contribution is -2.25. The Balaban J connectivity index is 2.05. The summed E-state index contributed by atoms with van der Waals surface area (Å²) in [6.45, 7) is 3.02. The highest BCUT2D eigenvalue weighted by Crippen LogP contribution is 2.34. The van der Waals surface area contributed by atoms with E-state index in [1.54, 1.807) is 0 Å². The summed E-state index contributed by atoms with van der Waals surface area (Å²) < 4.78 is 10.5. The highest BCUT2D eigenvalue weighted by molar-refractivity contribution is 5.55. The van der Waals surface area contributed by atoms with Gasteiger partial charge in [0.15, 0.2) is 11.5 Å². The van der Waals surface area contributed by atoms with Crippen LogP contribution in [0.2, 0.25) is 0 Å². The van der Waals surface area contributed by atoms with Crippen LogP contribution >= 0.6 is 0 Å². The van der Waals surface area contributed by atoms with Crippen LogP contribution in [-0.4, -0.2) is 19.4 Å². The minimum absolute atomic E-state index is 0.139. The molecule has 0 bridgehead atoms. The SMILES string of the molecule is CC(N)CNc1ccc2c(c1)OCO2. The molecule has 0 spiro atoms. The fourth-order valence-electron chi connectivity index (χ4n) is 1.29. The van der Waals surface area contributed by atoms with E-state index in [4.69, 9.17) is 15.2 Å². The van der Waals surface area contributed by atoms with Crippen LogP contribution in [0.25, 0.3) is 0 Å². The molecule has 0 aliphatic carbocycles. The van der Waals surface area contributed by atoms with Crippen molar-refractivity contribution in [3.63, 3.8) is 0 Å². The Kier molecular flexibility index (Phi) is 2.45. The molecule has 0 fully saturated rings. The molecule has 76 valence electrons. The van der Waals surface area contributed by atoms with Crippen molar-refractivity contribution in [1.82, 2.24) is 0 Å². The number of hydrogen-bond donors (Lipinski definition) is 2. The van der Waals surface area contributed by atoms with Gasteiger partial charge in [0.1, 0.15) is 0 Å². The molecule has 0 radical (unpaired) electrons. The second-order valence-corrected chi connectivity index (χ2v) is 3.43. The number of benzene rings is 1. The lowest BCUT2D eigenvalue weighted by molar-refractivity contribution is 0.174. The second-order valence-electron chi connectivity index (χ2n) is 3.43. The van der Waals surface area contributed by atoms with Crippen molar-refractivity contribution in [2.75, 3.05) is 18.7 Å². The lowest BCUT2D eigenvalue weighted by atomic mass is 10.2. The maximum absolute atomic E-state index is 5.63. The average molecular weight is 194 g/mol. The van der Waals surface area contributed by atoms with Gasteiger partial charge >= 0.3 is 0 Å². The first kappa shape index (κ1) is 9.15. The summed E-state index contributed by atoms with van der Waals surface area (Å²) in [4.78, 5) is 0. The molecule has 0 saturated heterocycles. The second kappa shape index (κ2) is 3.75. The van der Waals surface area contributed by atoms with Gasteiger partial charge in [0.2, 0.25) is 6.79 Å². The van der Waals surface area contributed by atoms with Crippen molar-refractivity contribution in [2.45, 2.75) is 13.0 Å². The van der Waals surface area contributed by atoms with Crippen LogP contribution in [0, 0.1) is 0 Å². The summed E-state index contributed by atoms with van der Waals surface area (Å²) in [6, 6.07) is 5.91. The Morgan fingerprint density at radius 3 is 3.00 bits per heavy atom.